The summed E-state index contributed by atoms with van der Waals surface area (Å²) in [6, 6.07) is 5.34. The van der Waals surface area contributed by atoms with E-state index in [2.05, 4.69) is 0 Å². The zero-order valence-electron chi connectivity index (χ0n) is 10.6. The molecule has 0 fully saturated rings. The monoisotopic (exact) mass is 267 g/mol. The molecule has 0 saturated carbocycles. The molecular weight excluding hydrogens is 250 g/mol. The van der Waals surface area contributed by atoms with Crippen molar-refractivity contribution < 1.29 is 13.2 Å². The van der Waals surface area contributed by atoms with Crippen LogP contribution >= 0.6 is 0 Å². The lowest BCUT2D eigenvalue weighted by atomic mass is 9.99. The highest BCUT2D eigenvalue weighted by Crippen LogP contribution is 2.32. The first-order valence-corrected chi connectivity index (χ1v) is 7.71. The number of benzene rings is 1. The quantitative estimate of drug-likeness (QED) is 0.843. The number of sulfonamides is 1. The predicted octanol–water partition coefficient (Wildman–Crippen LogP) is 2.13. The molecule has 0 amide bonds. The van der Waals surface area contributed by atoms with Crippen LogP contribution in [0.3, 0.4) is 0 Å². The third-order valence-electron chi connectivity index (χ3n) is 3.13. The number of para-hydroxylation sites is 1. The Labute approximate surface area is 108 Å². The molecule has 4 nitrogen and oxygen atoms in total. The lowest BCUT2D eigenvalue weighted by Gasteiger charge is -2.31. The molecule has 5 heteroatoms. The van der Waals surface area contributed by atoms with Crippen LogP contribution in [0.2, 0.25) is 0 Å². The molecule has 0 atom stereocenters. The first-order valence-electron chi connectivity index (χ1n) is 6.10. The number of fused-ring (bicyclic) bond motifs is 1. The van der Waals surface area contributed by atoms with E-state index in [1.165, 1.54) is 4.31 Å². The maximum Gasteiger partial charge on any atom is 0.235 e. The topological polar surface area (TPSA) is 54.5 Å². The third kappa shape index (κ3) is 2.14. The van der Waals surface area contributed by atoms with Gasteiger partial charge in [0.05, 0.1) is 11.4 Å². The zero-order chi connectivity index (χ0) is 13.3. The SMILES string of the molecule is CCCS(=O)(=O)N1CCC(=O)c2cccc(C)c21. The van der Waals surface area contributed by atoms with Gasteiger partial charge in [-0.15, -0.1) is 0 Å². The highest BCUT2D eigenvalue weighted by molar-refractivity contribution is 7.92. The van der Waals surface area contributed by atoms with Crippen molar-refractivity contribution >= 4 is 21.5 Å². The molecule has 1 heterocycles. The van der Waals surface area contributed by atoms with Gasteiger partial charge < -0.3 is 0 Å². The minimum Gasteiger partial charge on any atom is -0.294 e. The maximum absolute atomic E-state index is 12.2. The summed E-state index contributed by atoms with van der Waals surface area (Å²) in [4.78, 5) is 11.8. The number of aryl methyl sites for hydroxylation is 1. The number of anilines is 1. The maximum atomic E-state index is 12.2. The van der Waals surface area contributed by atoms with Crippen LogP contribution in [0.1, 0.15) is 35.7 Å². The van der Waals surface area contributed by atoms with E-state index < -0.39 is 10.0 Å². The molecule has 0 bridgehead atoms. The Morgan fingerprint density at radius 2 is 2.06 bits per heavy atom. The molecule has 0 spiro atoms. The fourth-order valence-electron chi connectivity index (χ4n) is 2.31. The second kappa shape index (κ2) is 4.72. The smallest absolute Gasteiger partial charge is 0.235 e. The zero-order valence-corrected chi connectivity index (χ0v) is 11.5. The second-order valence-electron chi connectivity index (χ2n) is 4.53. The molecule has 18 heavy (non-hydrogen) atoms. The van der Waals surface area contributed by atoms with Gasteiger partial charge in [0.2, 0.25) is 10.0 Å². The molecule has 0 unspecified atom stereocenters. The van der Waals surface area contributed by atoms with E-state index in [1.54, 1.807) is 12.1 Å². The van der Waals surface area contributed by atoms with Crippen molar-refractivity contribution in [1.82, 2.24) is 0 Å². The van der Waals surface area contributed by atoms with E-state index in [1.807, 2.05) is 19.9 Å². The summed E-state index contributed by atoms with van der Waals surface area (Å²) in [7, 11) is -3.31. The minimum absolute atomic E-state index is 0.0247. The van der Waals surface area contributed by atoms with Crippen molar-refractivity contribution in [2.45, 2.75) is 26.7 Å². The van der Waals surface area contributed by atoms with E-state index in [-0.39, 0.29) is 24.5 Å². The highest BCUT2D eigenvalue weighted by atomic mass is 32.2. The summed E-state index contributed by atoms with van der Waals surface area (Å²) < 4.78 is 25.8. The Hall–Kier alpha value is -1.36. The van der Waals surface area contributed by atoms with Crippen molar-refractivity contribution in [2.75, 3.05) is 16.6 Å². The van der Waals surface area contributed by atoms with Gasteiger partial charge in [0.15, 0.2) is 5.78 Å². The van der Waals surface area contributed by atoms with Crippen molar-refractivity contribution in [3.63, 3.8) is 0 Å². The van der Waals surface area contributed by atoms with E-state index in [4.69, 9.17) is 0 Å². The third-order valence-corrected chi connectivity index (χ3v) is 5.09. The molecule has 1 aliphatic rings. The number of ketones is 1. The van der Waals surface area contributed by atoms with E-state index in [0.717, 1.165) is 5.56 Å². The molecule has 0 aromatic heterocycles. The van der Waals surface area contributed by atoms with Gasteiger partial charge in [-0.1, -0.05) is 19.1 Å². The lowest BCUT2D eigenvalue weighted by molar-refractivity contribution is 0.0982. The fourth-order valence-corrected chi connectivity index (χ4v) is 3.94. The summed E-state index contributed by atoms with van der Waals surface area (Å²) in [5.41, 5.74) is 1.93. The average molecular weight is 267 g/mol. The Morgan fingerprint density at radius 1 is 1.33 bits per heavy atom. The van der Waals surface area contributed by atoms with Gasteiger partial charge >= 0.3 is 0 Å². The summed E-state index contributed by atoms with van der Waals surface area (Å²) >= 11 is 0. The summed E-state index contributed by atoms with van der Waals surface area (Å²) in [5.74, 6) is 0.145. The number of rotatable bonds is 3. The molecule has 0 saturated heterocycles. The fraction of sp³-hybridized carbons (Fsp3) is 0.462. The molecule has 0 aliphatic carbocycles. The largest absolute Gasteiger partial charge is 0.294 e. The Balaban J connectivity index is 2.56. The van der Waals surface area contributed by atoms with Gasteiger partial charge in [-0.25, -0.2) is 8.42 Å². The van der Waals surface area contributed by atoms with Gasteiger partial charge in [-0.3, -0.25) is 9.10 Å². The number of hydrogen-bond acceptors (Lipinski definition) is 3. The van der Waals surface area contributed by atoms with Crippen molar-refractivity contribution in [3.05, 3.63) is 29.3 Å². The number of nitrogens with zero attached hydrogens (tertiary/aromatic N) is 1. The minimum atomic E-state index is -3.31. The molecular formula is C13H17NO3S. The molecule has 1 aromatic rings. The number of carbonyl (C=O) groups excluding carboxylic acids is 1. The van der Waals surface area contributed by atoms with Gasteiger partial charge in [0, 0.05) is 18.5 Å². The molecule has 0 radical (unpaired) electrons. The van der Waals surface area contributed by atoms with Crippen molar-refractivity contribution in [3.8, 4) is 0 Å². The van der Waals surface area contributed by atoms with Crippen molar-refractivity contribution in [2.24, 2.45) is 0 Å². The van der Waals surface area contributed by atoms with Crippen molar-refractivity contribution in [1.29, 1.82) is 0 Å². The van der Waals surface area contributed by atoms with Crippen LogP contribution in [0.25, 0.3) is 0 Å². The predicted molar refractivity (Wildman–Crippen MR) is 71.6 cm³/mol. The first-order chi connectivity index (χ1) is 8.47. The van der Waals surface area contributed by atoms with Crippen LogP contribution in [0.4, 0.5) is 5.69 Å². The number of carbonyl (C=O) groups is 1. The van der Waals surface area contributed by atoms with Crippen LogP contribution in [0, 0.1) is 6.92 Å². The lowest BCUT2D eigenvalue weighted by Crippen LogP contribution is -2.39. The van der Waals surface area contributed by atoms with E-state index in [0.29, 0.717) is 17.7 Å². The normalized spacial score (nSPS) is 15.7. The molecule has 2 rings (SSSR count). The molecule has 1 aliphatic heterocycles. The number of Topliss-reactive ketones (excluding diaryl/α,β-unsaturated/α-hetero) is 1. The van der Waals surface area contributed by atoms with Crippen LogP contribution in [0.5, 0.6) is 0 Å². The van der Waals surface area contributed by atoms with Gasteiger partial charge in [-0.2, -0.15) is 0 Å². The van der Waals surface area contributed by atoms with Crippen LogP contribution in [-0.2, 0) is 10.0 Å². The average Bonchev–Trinajstić information content (AvgIpc) is 2.30. The molecule has 0 N–H and O–H groups in total. The van der Waals surface area contributed by atoms with Crippen LogP contribution < -0.4 is 4.31 Å². The Bertz CT molecular complexity index is 578. The standard InChI is InChI=1S/C13H17NO3S/c1-3-9-18(16,17)14-8-7-12(15)11-6-4-5-10(2)13(11)14/h4-6H,3,7-9H2,1-2H3. The van der Waals surface area contributed by atoms with Crippen LogP contribution in [-0.4, -0.2) is 26.5 Å². The number of hydrogen-bond donors (Lipinski definition) is 0. The van der Waals surface area contributed by atoms with Gasteiger partial charge in [0.25, 0.3) is 0 Å². The summed E-state index contributed by atoms with van der Waals surface area (Å²) in [5, 5.41) is 0. The molecule has 1 aromatic carbocycles. The van der Waals surface area contributed by atoms with Crippen LogP contribution in [0.15, 0.2) is 18.2 Å². The second-order valence-corrected chi connectivity index (χ2v) is 6.55. The molecule has 98 valence electrons. The first kappa shape index (κ1) is 13.1. The highest BCUT2D eigenvalue weighted by Gasteiger charge is 2.31. The summed E-state index contributed by atoms with van der Waals surface area (Å²) in [6.07, 6.45) is 0.841. The summed E-state index contributed by atoms with van der Waals surface area (Å²) in [6.45, 7) is 3.94. The van der Waals surface area contributed by atoms with Gasteiger partial charge in [0.1, 0.15) is 0 Å². The Kier molecular flexibility index (Phi) is 3.43. The van der Waals surface area contributed by atoms with Gasteiger partial charge in [-0.05, 0) is 25.0 Å². The van der Waals surface area contributed by atoms with E-state index in [9.17, 15) is 13.2 Å². The van der Waals surface area contributed by atoms with E-state index >= 15 is 0 Å². The Morgan fingerprint density at radius 3 is 2.72 bits per heavy atom.